The highest BCUT2D eigenvalue weighted by Gasteiger charge is 2.14. The van der Waals surface area contributed by atoms with Crippen LogP contribution in [-0.2, 0) is 10.2 Å². The quantitative estimate of drug-likeness (QED) is 0.503. The normalized spacial score (nSPS) is 14.4. The van der Waals surface area contributed by atoms with Crippen LogP contribution in [0.3, 0.4) is 0 Å². The minimum absolute atomic E-state index is 0.0522. The molecule has 0 bridgehead atoms. The van der Waals surface area contributed by atoms with Crippen LogP contribution in [0.1, 0.15) is 52.0 Å². The molecule has 1 amide bonds. The summed E-state index contributed by atoms with van der Waals surface area (Å²) in [5, 5.41) is 11.8. The molecule has 0 saturated carbocycles. The summed E-state index contributed by atoms with van der Waals surface area (Å²) in [4.78, 5) is 14.8. The predicted molar refractivity (Wildman–Crippen MR) is 137 cm³/mol. The van der Waals surface area contributed by atoms with Crippen LogP contribution in [0.5, 0.6) is 5.75 Å². The third-order valence-electron chi connectivity index (χ3n) is 6.11. The van der Waals surface area contributed by atoms with E-state index in [0.717, 1.165) is 30.2 Å². The van der Waals surface area contributed by atoms with Crippen molar-refractivity contribution in [1.29, 1.82) is 0 Å². The summed E-state index contributed by atoms with van der Waals surface area (Å²) in [5.74, 6) is 1.40. The van der Waals surface area contributed by atoms with Gasteiger partial charge in [0.25, 0.3) is 5.91 Å². The zero-order valence-corrected chi connectivity index (χ0v) is 20.4. The SMILES string of the molecule is CC(C)(C)c1ccc(OCC(=O)Nc2cccc(-c3ccc(N4CCCCCC4)nn3)c2)cc1. The van der Waals surface area contributed by atoms with Gasteiger partial charge in [0, 0.05) is 24.3 Å². The topological polar surface area (TPSA) is 67.3 Å². The minimum atomic E-state index is -0.209. The van der Waals surface area contributed by atoms with Gasteiger partial charge in [-0.2, -0.15) is 0 Å². The van der Waals surface area contributed by atoms with Gasteiger partial charge in [0.1, 0.15) is 5.75 Å². The second kappa shape index (κ2) is 10.7. The van der Waals surface area contributed by atoms with Gasteiger partial charge in [-0.25, -0.2) is 0 Å². The fraction of sp³-hybridized carbons (Fsp3) is 0.393. The van der Waals surface area contributed by atoms with Crippen molar-refractivity contribution in [2.24, 2.45) is 0 Å². The highest BCUT2D eigenvalue weighted by atomic mass is 16.5. The first-order valence-electron chi connectivity index (χ1n) is 12.1. The Kier molecular flexibility index (Phi) is 7.46. The van der Waals surface area contributed by atoms with E-state index in [0.29, 0.717) is 11.4 Å². The maximum absolute atomic E-state index is 12.4. The molecule has 1 aliphatic heterocycles. The van der Waals surface area contributed by atoms with Gasteiger partial charge in [-0.1, -0.05) is 57.9 Å². The third kappa shape index (κ3) is 6.34. The largest absolute Gasteiger partial charge is 0.484 e. The summed E-state index contributed by atoms with van der Waals surface area (Å²) in [6.07, 6.45) is 4.98. The Hall–Kier alpha value is -3.41. The Balaban J connectivity index is 1.34. The van der Waals surface area contributed by atoms with Crippen molar-refractivity contribution in [2.75, 3.05) is 29.9 Å². The van der Waals surface area contributed by atoms with E-state index in [1.54, 1.807) is 0 Å². The van der Waals surface area contributed by atoms with Gasteiger partial charge in [0.2, 0.25) is 0 Å². The number of nitrogens with one attached hydrogen (secondary N) is 1. The lowest BCUT2D eigenvalue weighted by Gasteiger charge is -2.20. The number of amides is 1. The first-order chi connectivity index (χ1) is 16.4. The van der Waals surface area contributed by atoms with E-state index in [1.165, 1.54) is 31.2 Å². The van der Waals surface area contributed by atoms with Crippen LogP contribution in [-0.4, -0.2) is 35.8 Å². The van der Waals surface area contributed by atoms with E-state index < -0.39 is 0 Å². The zero-order valence-electron chi connectivity index (χ0n) is 20.4. The Morgan fingerprint density at radius 2 is 1.68 bits per heavy atom. The molecule has 0 radical (unpaired) electrons. The summed E-state index contributed by atoms with van der Waals surface area (Å²) in [6.45, 7) is 8.53. The molecule has 34 heavy (non-hydrogen) atoms. The highest BCUT2D eigenvalue weighted by Crippen LogP contribution is 2.25. The molecule has 2 aromatic carbocycles. The molecular weight excluding hydrogens is 424 g/mol. The van der Waals surface area contributed by atoms with E-state index in [2.05, 4.69) is 41.2 Å². The van der Waals surface area contributed by atoms with E-state index in [1.807, 2.05) is 60.7 Å². The molecular formula is C28H34N4O2. The van der Waals surface area contributed by atoms with Gasteiger partial charge >= 0.3 is 0 Å². The molecule has 4 rings (SSSR count). The summed E-state index contributed by atoms with van der Waals surface area (Å²) < 4.78 is 5.66. The second-order valence-corrected chi connectivity index (χ2v) is 9.87. The molecule has 1 fully saturated rings. The lowest BCUT2D eigenvalue weighted by atomic mass is 9.87. The minimum Gasteiger partial charge on any atom is -0.484 e. The van der Waals surface area contributed by atoms with Gasteiger partial charge in [0.05, 0.1) is 5.69 Å². The van der Waals surface area contributed by atoms with Gasteiger partial charge < -0.3 is 15.0 Å². The summed E-state index contributed by atoms with van der Waals surface area (Å²) >= 11 is 0. The van der Waals surface area contributed by atoms with E-state index in [-0.39, 0.29) is 17.9 Å². The van der Waals surface area contributed by atoms with Crippen LogP contribution in [0.2, 0.25) is 0 Å². The van der Waals surface area contributed by atoms with Crippen LogP contribution in [0.25, 0.3) is 11.3 Å². The molecule has 2 heterocycles. The second-order valence-electron chi connectivity index (χ2n) is 9.87. The van der Waals surface area contributed by atoms with Crippen molar-refractivity contribution in [2.45, 2.75) is 51.9 Å². The molecule has 1 aromatic heterocycles. The van der Waals surface area contributed by atoms with Gasteiger partial charge in [0.15, 0.2) is 12.4 Å². The maximum atomic E-state index is 12.4. The lowest BCUT2D eigenvalue weighted by molar-refractivity contribution is -0.118. The predicted octanol–water partition coefficient (Wildman–Crippen LogP) is 5.84. The molecule has 1 N–H and O–H groups in total. The average molecular weight is 459 g/mol. The van der Waals surface area contributed by atoms with Crippen molar-refractivity contribution in [3.8, 4) is 17.0 Å². The van der Waals surface area contributed by atoms with Crippen LogP contribution in [0.15, 0.2) is 60.7 Å². The number of carbonyl (C=O) groups is 1. The maximum Gasteiger partial charge on any atom is 0.262 e. The molecule has 0 aliphatic carbocycles. The number of nitrogens with zero attached hydrogens (tertiary/aromatic N) is 3. The van der Waals surface area contributed by atoms with Gasteiger partial charge in [-0.3, -0.25) is 4.79 Å². The van der Waals surface area contributed by atoms with Crippen LogP contribution >= 0.6 is 0 Å². The number of benzene rings is 2. The molecule has 3 aromatic rings. The molecule has 6 heteroatoms. The summed E-state index contributed by atoms with van der Waals surface area (Å²) in [7, 11) is 0. The Morgan fingerprint density at radius 1 is 0.941 bits per heavy atom. The molecule has 0 spiro atoms. The van der Waals surface area contributed by atoms with E-state index in [4.69, 9.17) is 4.74 Å². The number of anilines is 2. The number of ether oxygens (including phenoxy) is 1. The van der Waals surface area contributed by atoms with Crippen molar-refractivity contribution >= 4 is 17.4 Å². The van der Waals surface area contributed by atoms with Crippen molar-refractivity contribution < 1.29 is 9.53 Å². The molecule has 178 valence electrons. The van der Waals surface area contributed by atoms with Crippen molar-refractivity contribution in [3.63, 3.8) is 0 Å². The number of carbonyl (C=O) groups excluding carboxylic acids is 1. The average Bonchev–Trinajstić information content (AvgIpc) is 3.12. The Morgan fingerprint density at radius 3 is 2.32 bits per heavy atom. The number of hydrogen-bond donors (Lipinski definition) is 1. The standard InChI is InChI=1S/C28H34N4O2/c1-28(2,3)22-11-13-24(14-12-22)34-20-27(33)29-23-10-8-9-21(19-23)25-15-16-26(31-30-25)32-17-6-4-5-7-18-32/h8-16,19H,4-7,17-18,20H2,1-3H3,(H,29,33). The van der Waals surface area contributed by atoms with Crippen LogP contribution in [0, 0.1) is 0 Å². The van der Waals surface area contributed by atoms with Gasteiger partial charge in [-0.15, -0.1) is 10.2 Å². The van der Waals surface area contributed by atoms with E-state index in [9.17, 15) is 4.79 Å². The van der Waals surface area contributed by atoms with Crippen molar-refractivity contribution in [1.82, 2.24) is 10.2 Å². The zero-order chi connectivity index (χ0) is 24.0. The molecule has 6 nitrogen and oxygen atoms in total. The molecule has 0 unspecified atom stereocenters. The molecule has 0 atom stereocenters. The van der Waals surface area contributed by atoms with Crippen molar-refractivity contribution in [3.05, 3.63) is 66.2 Å². The first kappa shape index (κ1) is 23.7. The fourth-order valence-electron chi connectivity index (χ4n) is 4.10. The number of aromatic nitrogens is 2. The molecule has 1 saturated heterocycles. The summed E-state index contributed by atoms with van der Waals surface area (Å²) in [6, 6.07) is 19.6. The monoisotopic (exact) mass is 458 g/mol. The highest BCUT2D eigenvalue weighted by molar-refractivity contribution is 5.92. The first-order valence-corrected chi connectivity index (χ1v) is 12.1. The van der Waals surface area contributed by atoms with E-state index >= 15 is 0 Å². The lowest BCUT2D eigenvalue weighted by Crippen LogP contribution is -2.25. The number of rotatable bonds is 6. The molecule has 1 aliphatic rings. The van der Waals surface area contributed by atoms with Gasteiger partial charge in [-0.05, 0) is 60.2 Å². The van der Waals surface area contributed by atoms with Crippen LogP contribution in [0.4, 0.5) is 11.5 Å². The van der Waals surface area contributed by atoms with Crippen LogP contribution < -0.4 is 15.0 Å². The Labute approximate surface area is 202 Å². The smallest absolute Gasteiger partial charge is 0.262 e. The Bertz CT molecular complexity index is 1080. The summed E-state index contributed by atoms with van der Waals surface area (Å²) in [5.41, 5.74) is 3.70. The fourth-order valence-corrected chi connectivity index (χ4v) is 4.10. The third-order valence-corrected chi connectivity index (χ3v) is 6.11. The number of hydrogen-bond acceptors (Lipinski definition) is 5.